The maximum absolute atomic E-state index is 5.64. The molecule has 0 unspecified atom stereocenters. The van der Waals surface area contributed by atoms with Crippen molar-refractivity contribution in [3.05, 3.63) is 17.5 Å². The first kappa shape index (κ1) is 16.6. The van der Waals surface area contributed by atoms with Gasteiger partial charge >= 0.3 is 0 Å². The van der Waals surface area contributed by atoms with E-state index in [1.165, 1.54) is 63.7 Å². The zero-order chi connectivity index (χ0) is 16.2. The van der Waals surface area contributed by atoms with Gasteiger partial charge in [0.2, 0.25) is 0 Å². The fourth-order valence-corrected chi connectivity index (χ4v) is 4.55. The van der Waals surface area contributed by atoms with Crippen LogP contribution >= 0.6 is 0 Å². The lowest BCUT2D eigenvalue weighted by molar-refractivity contribution is 0.0115. The Morgan fingerprint density at radius 1 is 0.958 bits per heavy atom. The minimum absolute atomic E-state index is 0.640. The summed E-state index contributed by atoms with van der Waals surface area (Å²) in [5.41, 5.74) is 1.20. The Morgan fingerprint density at radius 3 is 2.46 bits per heavy atom. The molecule has 24 heavy (non-hydrogen) atoms. The van der Waals surface area contributed by atoms with E-state index in [9.17, 15) is 0 Å². The van der Waals surface area contributed by atoms with E-state index in [0.29, 0.717) is 5.92 Å². The van der Waals surface area contributed by atoms with Gasteiger partial charge < -0.3 is 9.26 Å². The van der Waals surface area contributed by atoms with Crippen LogP contribution in [0.25, 0.3) is 0 Å². The molecule has 0 N–H and O–H groups in total. The summed E-state index contributed by atoms with van der Waals surface area (Å²) in [5.74, 6) is 1.69. The Hall–Kier alpha value is -0.910. The SMILES string of the molecule is c1c(C2CCCCC2)noc1CN1CCN(C2CCOCC2)CC1. The maximum Gasteiger partial charge on any atom is 0.150 e. The molecule has 1 aromatic rings. The molecular weight excluding hydrogens is 302 g/mol. The lowest BCUT2D eigenvalue weighted by Crippen LogP contribution is -2.51. The third-order valence-electron chi connectivity index (χ3n) is 6.09. The van der Waals surface area contributed by atoms with Crippen LogP contribution in [0.1, 0.15) is 62.3 Å². The zero-order valence-corrected chi connectivity index (χ0v) is 14.8. The molecule has 0 spiro atoms. The summed E-state index contributed by atoms with van der Waals surface area (Å²) in [5, 5.41) is 4.37. The van der Waals surface area contributed by atoms with Crippen LogP contribution in [0.5, 0.6) is 0 Å². The second-order valence-electron chi connectivity index (χ2n) is 7.71. The number of hydrogen-bond acceptors (Lipinski definition) is 5. The van der Waals surface area contributed by atoms with E-state index in [-0.39, 0.29) is 0 Å². The Kier molecular flexibility index (Phi) is 5.50. The summed E-state index contributed by atoms with van der Waals surface area (Å²) in [7, 11) is 0. The first-order chi connectivity index (χ1) is 11.9. The van der Waals surface area contributed by atoms with Crippen LogP contribution in [0.15, 0.2) is 10.6 Å². The van der Waals surface area contributed by atoms with E-state index in [1.807, 2.05) is 0 Å². The van der Waals surface area contributed by atoms with Gasteiger partial charge in [-0.3, -0.25) is 9.80 Å². The molecule has 2 saturated heterocycles. The summed E-state index contributed by atoms with van der Waals surface area (Å²) in [6, 6.07) is 2.96. The Bertz CT molecular complexity index is 498. The van der Waals surface area contributed by atoms with Gasteiger partial charge in [-0.25, -0.2) is 0 Å². The first-order valence-corrected chi connectivity index (χ1v) is 9.88. The highest BCUT2D eigenvalue weighted by atomic mass is 16.5. The monoisotopic (exact) mass is 333 g/mol. The van der Waals surface area contributed by atoms with Gasteiger partial charge in [0.15, 0.2) is 5.76 Å². The minimum Gasteiger partial charge on any atom is -0.381 e. The number of rotatable bonds is 4. The van der Waals surface area contributed by atoms with E-state index < -0.39 is 0 Å². The fraction of sp³-hybridized carbons (Fsp3) is 0.842. The molecule has 0 radical (unpaired) electrons. The molecule has 5 heteroatoms. The lowest BCUT2D eigenvalue weighted by Gasteiger charge is -2.40. The molecule has 1 saturated carbocycles. The average Bonchev–Trinajstić information content (AvgIpc) is 3.12. The van der Waals surface area contributed by atoms with Gasteiger partial charge in [-0.1, -0.05) is 24.4 Å². The number of ether oxygens (including phenoxy) is 1. The van der Waals surface area contributed by atoms with Crippen molar-refractivity contribution >= 4 is 0 Å². The summed E-state index contributed by atoms with van der Waals surface area (Å²) in [6.07, 6.45) is 9.06. The molecule has 134 valence electrons. The number of hydrogen-bond donors (Lipinski definition) is 0. The van der Waals surface area contributed by atoms with E-state index in [4.69, 9.17) is 9.26 Å². The zero-order valence-electron chi connectivity index (χ0n) is 14.8. The van der Waals surface area contributed by atoms with Gasteiger partial charge in [-0.2, -0.15) is 0 Å². The molecule has 0 bridgehead atoms. The van der Waals surface area contributed by atoms with Crippen molar-refractivity contribution in [1.29, 1.82) is 0 Å². The highest BCUT2D eigenvalue weighted by molar-refractivity contribution is 5.11. The molecule has 1 aromatic heterocycles. The van der Waals surface area contributed by atoms with Gasteiger partial charge in [0.1, 0.15) is 0 Å². The van der Waals surface area contributed by atoms with Gasteiger partial charge in [-0.15, -0.1) is 0 Å². The highest BCUT2D eigenvalue weighted by Crippen LogP contribution is 2.32. The summed E-state index contributed by atoms with van der Waals surface area (Å²) in [6.45, 7) is 7.41. The van der Waals surface area contributed by atoms with Crippen LogP contribution in [-0.2, 0) is 11.3 Å². The smallest absolute Gasteiger partial charge is 0.150 e. The van der Waals surface area contributed by atoms with Crippen molar-refractivity contribution in [2.75, 3.05) is 39.4 Å². The Labute approximate surface area is 145 Å². The molecule has 3 fully saturated rings. The quantitative estimate of drug-likeness (QED) is 0.847. The van der Waals surface area contributed by atoms with E-state index >= 15 is 0 Å². The summed E-state index contributed by atoms with van der Waals surface area (Å²) >= 11 is 0. The molecule has 0 aromatic carbocycles. The van der Waals surface area contributed by atoms with Gasteiger partial charge in [0, 0.05) is 57.4 Å². The molecule has 4 rings (SSSR count). The van der Waals surface area contributed by atoms with Crippen LogP contribution in [0.2, 0.25) is 0 Å². The Morgan fingerprint density at radius 2 is 1.71 bits per heavy atom. The van der Waals surface area contributed by atoms with Gasteiger partial charge in [0.05, 0.1) is 12.2 Å². The van der Waals surface area contributed by atoms with E-state index in [2.05, 4.69) is 21.0 Å². The molecule has 0 amide bonds. The van der Waals surface area contributed by atoms with E-state index in [1.54, 1.807) is 0 Å². The summed E-state index contributed by atoms with van der Waals surface area (Å²) in [4.78, 5) is 5.17. The normalized spacial score (nSPS) is 26.0. The van der Waals surface area contributed by atoms with Gasteiger partial charge in [-0.05, 0) is 25.7 Å². The van der Waals surface area contributed by atoms with Crippen LogP contribution in [-0.4, -0.2) is 60.4 Å². The van der Waals surface area contributed by atoms with Crippen molar-refractivity contribution < 1.29 is 9.26 Å². The standard InChI is InChI=1S/C19H31N3O2/c1-2-4-16(5-3-1)19-14-18(24-20-19)15-21-8-10-22(11-9-21)17-6-12-23-13-7-17/h14,16-17H,1-13,15H2. The van der Waals surface area contributed by atoms with Crippen molar-refractivity contribution in [3.63, 3.8) is 0 Å². The Balaban J connectivity index is 1.25. The largest absolute Gasteiger partial charge is 0.381 e. The molecule has 2 aliphatic heterocycles. The number of aromatic nitrogens is 1. The molecular formula is C19H31N3O2. The molecule has 1 aliphatic carbocycles. The topological polar surface area (TPSA) is 41.7 Å². The van der Waals surface area contributed by atoms with Crippen LogP contribution < -0.4 is 0 Å². The molecule has 0 atom stereocenters. The third-order valence-corrected chi connectivity index (χ3v) is 6.09. The third kappa shape index (κ3) is 4.01. The van der Waals surface area contributed by atoms with Crippen molar-refractivity contribution in [3.8, 4) is 0 Å². The van der Waals surface area contributed by atoms with Crippen molar-refractivity contribution in [1.82, 2.24) is 15.0 Å². The predicted octanol–water partition coefficient (Wildman–Crippen LogP) is 3.02. The minimum atomic E-state index is 0.640. The number of piperazine rings is 1. The maximum atomic E-state index is 5.64. The second kappa shape index (κ2) is 7.98. The second-order valence-corrected chi connectivity index (χ2v) is 7.71. The highest BCUT2D eigenvalue weighted by Gasteiger charge is 2.26. The molecule has 3 heterocycles. The van der Waals surface area contributed by atoms with Crippen molar-refractivity contribution in [2.24, 2.45) is 0 Å². The lowest BCUT2D eigenvalue weighted by atomic mass is 9.87. The average molecular weight is 333 g/mol. The molecule has 3 aliphatic rings. The van der Waals surface area contributed by atoms with Crippen LogP contribution in [0.4, 0.5) is 0 Å². The van der Waals surface area contributed by atoms with Crippen LogP contribution in [0, 0.1) is 0 Å². The van der Waals surface area contributed by atoms with Crippen LogP contribution in [0.3, 0.4) is 0 Å². The molecule has 5 nitrogen and oxygen atoms in total. The predicted molar refractivity (Wildman–Crippen MR) is 93.0 cm³/mol. The van der Waals surface area contributed by atoms with E-state index in [0.717, 1.165) is 44.7 Å². The van der Waals surface area contributed by atoms with Crippen molar-refractivity contribution in [2.45, 2.75) is 63.5 Å². The first-order valence-electron chi connectivity index (χ1n) is 9.88. The number of nitrogens with zero attached hydrogens (tertiary/aromatic N) is 3. The van der Waals surface area contributed by atoms with Gasteiger partial charge in [0.25, 0.3) is 0 Å². The summed E-state index contributed by atoms with van der Waals surface area (Å²) < 4.78 is 11.1. The fourth-order valence-electron chi connectivity index (χ4n) is 4.55.